The van der Waals surface area contributed by atoms with Crippen LogP contribution >= 0.6 is 0 Å². The average molecular weight is 464 g/mol. The second kappa shape index (κ2) is 8.95. The Balaban J connectivity index is 1.46. The number of nitrogens with zero attached hydrogens (tertiary/aromatic N) is 6. The number of carbonyl (C=O) groups is 1. The van der Waals surface area contributed by atoms with Crippen LogP contribution in [0.2, 0.25) is 0 Å². The van der Waals surface area contributed by atoms with Crippen LogP contribution in [0.4, 0.5) is 29.2 Å². The number of piperidine rings is 1. The highest BCUT2D eigenvalue weighted by atomic mass is 19.4. The molecule has 2 aliphatic rings. The van der Waals surface area contributed by atoms with Crippen LogP contribution in [0.1, 0.15) is 35.3 Å². The van der Waals surface area contributed by atoms with Gasteiger partial charge in [0.05, 0.1) is 30.5 Å². The molecule has 0 radical (unpaired) electrons. The Bertz CT molecular complexity index is 993. The van der Waals surface area contributed by atoms with E-state index >= 15 is 4.39 Å². The fraction of sp³-hybridized carbons (Fsp3) is 0.455. The highest BCUT2D eigenvalue weighted by molar-refractivity contribution is 5.93. The van der Waals surface area contributed by atoms with Gasteiger partial charge in [0.1, 0.15) is 17.7 Å². The molecule has 2 aromatic rings. The van der Waals surface area contributed by atoms with Gasteiger partial charge in [-0.3, -0.25) is 4.79 Å². The van der Waals surface area contributed by atoms with Crippen molar-refractivity contribution in [2.75, 3.05) is 29.9 Å². The lowest BCUT2D eigenvalue weighted by molar-refractivity contribution is -0.137. The van der Waals surface area contributed by atoms with Gasteiger partial charge in [0.2, 0.25) is 0 Å². The zero-order chi connectivity index (χ0) is 23.8. The first kappa shape index (κ1) is 22.9. The predicted octanol–water partition coefficient (Wildman–Crippen LogP) is 3.69. The van der Waals surface area contributed by atoms with Gasteiger partial charge in [-0.15, -0.1) is 0 Å². The molecule has 11 heteroatoms. The molecule has 0 aromatic carbocycles. The van der Waals surface area contributed by atoms with Gasteiger partial charge in [-0.25, -0.2) is 19.3 Å². The molecule has 1 saturated heterocycles. The van der Waals surface area contributed by atoms with Gasteiger partial charge < -0.3 is 14.7 Å². The minimum atomic E-state index is -4.48. The number of amides is 1. The van der Waals surface area contributed by atoms with Gasteiger partial charge in [-0.1, -0.05) is 6.58 Å². The molecule has 0 N–H and O–H groups in total. The molecule has 1 amide bonds. The first-order valence-corrected chi connectivity index (χ1v) is 10.6. The monoisotopic (exact) mass is 464 g/mol. The van der Waals surface area contributed by atoms with Crippen LogP contribution in [0.5, 0.6) is 0 Å². The summed E-state index contributed by atoms with van der Waals surface area (Å²) in [6.45, 7) is 3.96. The Morgan fingerprint density at radius 1 is 1.15 bits per heavy atom. The predicted molar refractivity (Wildman–Crippen MR) is 115 cm³/mol. The average Bonchev–Trinajstić information content (AvgIpc) is 3.64. The Morgan fingerprint density at radius 3 is 2.42 bits per heavy atom. The van der Waals surface area contributed by atoms with Crippen LogP contribution in [0.3, 0.4) is 0 Å². The molecule has 1 aliphatic carbocycles. The van der Waals surface area contributed by atoms with E-state index in [-0.39, 0.29) is 30.0 Å². The summed E-state index contributed by atoms with van der Waals surface area (Å²) in [5.74, 6) is 0.438. The third-order valence-corrected chi connectivity index (χ3v) is 5.93. The van der Waals surface area contributed by atoms with Crippen molar-refractivity contribution in [2.24, 2.45) is 0 Å². The van der Waals surface area contributed by atoms with E-state index < -0.39 is 24.0 Å². The fourth-order valence-electron chi connectivity index (χ4n) is 3.93. The summed E-state index contributed by atoms with van der Waals surface area (Å²) in [5.41, 5.74) is -0.711. The fourth-order valence-corrected chi connectivity index (χ4v) is 3.93. The van der Waals surface area contributed by atoms with Crippen molar-refractivity contribution in [3.05, 3.63) is 54.8 Å². The zero-order valence-electron chi connectivity index (χ0n) is 18.0. The lowest BCUT2D eigenvalue weighted by Gasteiger charge is -2.41. The summed E-state index contributed by atoms with van der Waals surface area (Å²) in [4.78, 5) is 30.3. The number of hydrogen-bond acceptors (Lipinski definition) is 6. The quantitative estimate of drug-likeness (QED) is 0.608. The molecule has 33 heavy (non-hydrogen) atoms. The standard InChI is InChI=1S/C22H24F4N6O/c1-3-30(2)20-12-27-17(11-29-20)21(33)32(15-5-6-15)18-8-9-31(13-16(18)23)19-7-4-14(10-28-19)22(24,25)26/h3-4,7,10-12,15-16,18H,1,5-6,8-9,13H2,2H3. The van der Waals surface area contributed by atoms with Crippen molar-refractivity contribution >= 4 is 17.5 Å². The Hall–Kier alpha value is -3.24. The van der Waals surface area contributed by atoms with Gasteiger partial charge in [-0.05, 0) is 37.6 Å². The van der Waals surface area contributed by atoms with Crippen molar-refractivity contribution in [2.45, 2.75) is 43.7 Å². The normalized spacial score (nSPS) is 20.9. The minimum Gasteiger partial charge on any atom is -0.354 e. The number of carbonyl (C=O) groups excluding carboxylic acids is 1. The Kier molecular flexibility index (Phi) is 6.22. The van der Waals surface area contributed by atoms with E-state index in [4.69, 9.17) is 0 Å². The van der Waals surface area contributed by atoms with Crippen LogP contribution in [0.25, 0.3) is 0 Å². The number of alkyl halides is 4. The maximum atomic E-state index is 15.3. The molecular weight excluding hydrogens is 440 g/mol. The topological polar surface area (TPSA) is 65.5 Å². The van der Waals surface area contributed by atoms with Crippen molar-refractivity contribution < 1.29 is 22.4 Å². The third-order valence-electron chi connectivity index (χ3n) is 5.93. The molecule has 3 heterocycles. The lowest BCUT2D eigenvalue weighted by atomic mass is 10.00. The second-order valence-electron chi connectivity index (χ2n) is 8.22. The third kappa shape index (κ3) is 4.91. The number of hydrogen-bond donors (Lipinski definition) is 0. The lowest BCUT2D eigenvalue weighted by Crippen LogP contribution is -2.55. The van der Waals surface area contributed by atoms with E-state index in [0.717, 1.165) is 25.1 Å². The maximum Gasteiger partial charge on any atom is 0.417 e. The molecule has 176 valence electrons. The summed E-state index contributed by atoms with van der Waals surface area (Å²) in [7, 11) is 1.75. The number of halogens is 4. The summed E-state index contributed by atoms with van der Waals surface area (Å²) in [5, 5.41) is 0. The van der Waals surface area contributed by atoms with Crippen molar-refractivity contribution in [1.29, 1.82) is 0 Å². The largest absolute Gasteiger partial charge is 0.417 e. The first-order valence-electron chi connectivity index (χ1n) is 10.6. The van der Waals surface area contributed by atoms with Gasteiger partial charge >= 0.3 is 6.18 Å². The molecule has 2 fully saturated rings. The van der Waals surface area contributed by atoms with E-state index in [0.29, 0.717) is 18.8 Å². The number of aromatic nitrogens is 3. The van der Waals surface area contributed by atoms with Crippen LogP contribution in [0, 0.1) is 0 Å². The molecule has 1 aliphatic heterocycles. The molecule has 2 aromatic heterocycles. The molecular formula is C22H24F4N6O. The van der Waals surface area contributed by atoms with Crippen LogP contribution in [-0.2, 0) is 6.18 Å². The second-order valence-corrected chi connectivity index (χ2v) is 8.22. The highest BCUT2D eigenvalue weighted by Gasteiger charge is 2.44. The van der Waals surface area contributed by atoms with Crippen molar-refractivity contribution in [3.8, 4) is 0 Å². The molecule has 2 unspecified atom stereocenters. The Labute approximate surface area is 188 Å². The van der Waals surface area contributed by atoms with Gasteiger partial charge in [0, 0.05) is 25.8 Å². The molecule has 4 rings (SSSR count). The van der Waals surface area contributed by atoms with E-state index in [1.165, 1.54) is 18.5 Å². The number of anilines is 2. The summed E-state index contributed by atoms with van der Waals surface area (Å²) in [6, 6.07) is 1.49. The Morgan fingerprint density at radius 2 is 1.91 bits per heavy atom. The van der Waals surface area contributed by atoms with E-state index in [2.05, 4.69) is 21.5 Å². The van der Waals surface area contributed by atoms with Crippen LogP contribution in [0.15, 0.2) is 43.5 Å². The molecule has 2 atom stereocenters. The highest BCUT2D eigenvalue weighted by Crippen LogP contribution is 2.35. The van der Waals surface area contributed by atoms with E-state index in [1.807, 2.05) is 0 Å². The maximum absolute atomic E-state index is 15.3. The SMILES string of the molecule is C=CN(C)c1cnc(C(=O)N(C2CC2)C2CCN(c3ccc(C(F)(F)F)cn3)CC2F)cn1. The number of rotatable bonds is 6. The number of pyridine rings is 1. The molecule has 7 nitrogen and oxygen atoms in total. The summed E-state index contributed by atoms with van der Waals surface area (Å²) in [6.07, 6.45) is 1.22. The smallest absolute Gasteiger partial charge is 0.354 e. The van der Waals surface area contributed by atoms with E-state index in [1.54, 1.807) is 27.9 Å². The van der Waals surface area contributed by atoms with Gasteiger partial charge in [0.15, 0.2) is 5.82 Å². The minimum absolute atomic E-state index is 0.0474. The van der Waals surface area contributed by atoms with Crippen molar-refractivity contribution in [3.63, 3.8) is 0 Å². The summed E-state index contributed by atoms with van der Waals surface area (Å²) >= 11 is 0. The van der Waals surface area contributed by atoms with Gasteiger partial charge in [-0.2, -0.15) is 13.2 Å². The molecule has 0 bridgehead atoms. The van der Waals surface area contributed by atoms with E-state index in [9.17, 15) is 18.0 Å². The molecule has 0 spiro atoms. The van der Waals surface area contributed by atoms with Crippen LogP contribution in [-0.4, -0.2) is 64.2 Å². The van der Waals surface area contributed by atoms with Crippen LogP contribution < -0.4 is 9.80 Å². The first-order chi connectivity index (χ1) is 15.7. The zero-order valence-corrected chi connectivity index (χ0v) is 18.0. The molecule has 1 saturated carbocycles. The summed E-state index contributed by atoms with van der Waals surface area (Å²) < 4.78 is 53.6. The van der Waals surface area contributed by atoms with Gasteiger partial charge in [0.25, 0.3) is 5.91 Å². The van der Waals surface area contributed by atoms with Crippen molar-refractivity contribution in [1.82, 2.24) is 19.9 Å².